The Bertz CT molecular complexity index is 1340. The topological polar surface area (TPSA) is 82.8 Å². The van der Waals surface area contributed by atoms with Gasteiger partial charge in [0.25, 0.3) is 5.91 Å². The highest BCUT2D eigenvalue weighted by Crippen LogP contribution is 2.36. The first-order valence-corrected chi connectivity index (χ1v) is 14.2. The van der Waals surface area contributed by atoms with Crippen LogP contribution in [0.25, 0.3) is 17.0 Å². The van der Waals surface area contributed by atoms with Crippen molar-refractivity contribution in [2.24, 2.45) is 4.99 Å². The molecule has 1 saturated carbocycles. The number of aromatic nitrogens is 2. The molecule has 8 nitrogen and oxygen atoms in total. The van der Waals surface area contributed by atoms with Crippen molar-refractivity contribution in [1.82, 2.24) is 24.7 Å². The number of carbonyl (C=O) groups is 2. The number of amidine groups is 1. The van der Waals surface area contributed by atoms with Gasteiger partial charge in [-0.15, -0.1) is 11.3 Å². The molecule has 186 valence electrons. The molecule has 2 aliphatic heterocycles. The monoisotopic (exact) mass is 520 g/mol. The number of fused-ring (bicyclic) bond motifs is 1. The van der Waals surface area contributed by atoms with Crippen molar-refractivity contribution in [1.29, 1.82) is 0 Å². The van der Waals surface area contributed by atoms with E-state index in [1.54, 1.807) is 17.8 Å². The zero-order chi connectivity index (χ0) is 24.5. The Morgan fingerprint density at radius 2 is 2.03 bits per heavy atom. The second-order valence-electron chi connectivity index (χ2n) is 9.43. The van der Waals surface area contributed by atoms with E-state index in [1.807, 2.05) is 12.1 Å². The Morgan fingerprint density at radius 1 is 1.17 bits per heavy atom. The normalized spacial score (nSPS) is 21.2. The predicted octanol–water partition coefficient (Wildman–Crippen LogP) is 5.06. The molecule has 0 radical (unpaired) electrons. The second-order valence-corrected chi connectivity index (χ2v) is 11.4. The molecule has 2 saturated heterocycles. The number of hydrogen-bond donors (Lipinski definition) is 1. The van der Waals surface area contributed by atoms with E-state index in [9.17, 15) is 9.59 Å². The molecule has 1 N–H and O–H groups in total. The number of nitrogens with one attached hydrogen (secondary N) is 1. The lowest BCUT2D eigenvalue weighted by Gasteiger charge is -2.26. The zero-order valence-corrected chi connectivity index (χ0v) is 21.6. The van der Waals surface area contributed by atoms with E-state index in [4.69, 9.17) is 4.99 Å². The second kappa shape index (κ2) is 10.2. The molecule has 4 heterocycles. The number of piperidine rings is 1. The van der Waals surface area contributed by atoms with Gasteiger partial charge in [-0.2, -0.15) is 0 Å². The van der Waals surface area contributed by atoms with E-state index >= 15 is 0 Å². The molecule has 1 aromatic carbocycles. The van der Waals surface area contributed by atoms with Crippen LogP contribution in [0.4, 0.5) is 10.5 Å². The lowest BCUT2D eigenvalue weighted by Crippen LogP contribution is -2.43. The van der Waals surface area contributed by atoms with Crippen LogP contribution in [0.2, 0.25) is 0 Å². The maximum atomic E-state index is 13.2. The highest BCUT2D eigenvalue weighted by atomic mass is 32.2. The molecule has 3 aliphatic rings. The van der Waals surface area contributed by atoms with Gasteiger partial charge in [0.15, 0.2) is 5.17 Å². The van der Waals surface area contributed by atoms with Crippen LogP contribution >= 0.6 is 23.1 Å². The maximum absolute atomic E-state index is 13.2. The van der Waals surface area contributed by atoms with Crippen LogP contribution in [-0.4, -0.2) is 62.1 Å². The van der Waals surface area contributed by atoms with Gasteiger partial charge >= 0.3 is 6.03 Å². The van der Waals surface area contributed by atoms with Gasteiger partial charge in [0, 0.05) is 47.3 Å². The third kappa shape index (κ3) is 5.11. The zero-order valence-electron chi connectivity index (χ0n) is 19.9. The molecule has 0 atom stereocenters. The van der Waals surface area contributed by atoms with Crippen molar-refractivity contribution in [3.63, 3.8) is 0 Å². The minimum absolute atomic E-state index is 0.145. The number of thioether (sulfide) groups is 1. The average Bonchev–Trinajstić information content (AvgIpc) is 3.25. The summed E-state index contributed by atoms with van der Waals surface area (Å²) >= 11 is 2.67. The number of nitrogens with zero attached hydrogens (tertiary/aromatic N) is 5. The first-order chi connectivity index (χ1) is 17.6. The summed E-state index contributed by atoms with van der Waals surface area (Å²) in [7, 11) is 0. The van der Waals surface area contributed by atoms with Crippen LogP contribution in [0.3, 0.4) is 0 Å². The lowest BCUT2D eigenvalue weighted by atomic mass is 10.1. The van der Waals surface area contributed by atoms with Gasteiger partial charge in [-0.25, -0.2) is 14.7 Å². The maximum Gasteiger partial charge on any atom is 0.330 e. The number of hydrogen-bond acceptors (Lipinski definition) is 7. The molecule has 2 aromatic heterocycles. The van der Waals surface area contributed by atoms with Crippen molar-refractivity contribution < 1.29 is 9.59 Å². The van der Waals surface area contributed by atoms with Crippen LogP contribution in [-0.2, 0) is 11.3 Å². The van der Waals surface area contributed by atoms with Crippen molar-refractivity contribution in [3.05, 3.63) is 52.0 Å². The molecule has 3 fully saturated rings. The van der Waals surface area contributed by atoms with E-state index in [2.05, 4.69) is 38.1 Å². The lowest BCUT2D eigenvalue weighted by molar-refractivity contribution is -0.120. The van der Waals surface area contributed by atoms with Crippen LogP contribution in [0, 0.1) is 0 Å². The summed E-state index contributed by atoms with van der Waals surface area (Å²) in [6, 6.07) is 7.90. The Morgan fingerprint density at radius 3 is 2.81 bits per heavy atom. The third-order valence-corrected chi connectivity index (χ3v) is 8.42. The molecular formula is C26H28N6O2S2. The number of aliphatic imine (C=N–C) groups is 1. The highest BCUT2D eigenvalue weighted by Gasteiger charge is 2.40. The van der Waals surface area contributed by atoms with E-state index in [0.717, 1.165) is 41.9 Å². The van der Waals surface area contributed by atoms with Crippen LogP contribution in [0.15, 0.2) is 52.1 Å². The van der Waals surface area contributed by atoms with E-state index in [-0.39, 0.29) is 11.9 Å². The summed E-state index contributed by atoms with van der Waals surface area (Å²) in [4.78, 5) is 40.0. The molecule has 3 aromatic rings. The summed E-state index contributed by atoms with van der Waals surface area (Å²) in [6.45, 7) is 4.41. The Balaban J connectivity index is 1.24. The van der Waals surface area contributed by atoms with Crippen LogP contribution in [0.1, 0.15) is 37.0 Å². The molecule has 0 spiro atoms. The van der Waals surface area contributed by atoms with Gasteiger partial charge in [-0.05, 0) is 80.9 Å². The summed E-state index contributed by atoms with van der Waals surface area (Å²) in [5, 5.41) is 4.39. The van der Waals surface area contributed by atoms with Crippen molar-refractivity contribution >= 4 is 62.9 Å². The van der Waals surface area contributed by atoms with Crippen molar-refractivity contribution in [2.75, 3.05) is 19.6 Å². The van der Waals surface area contributed by atoms with Crippen LogP contribution in [0.5, 0.6) is 0 Å². The van der Waals surface area contributed by atoms with Crippen molar-refractivity contribution in [3.8, 4) is 0 Å². The van der Waals surface area contributed by atoms with Crippen LogP contribution < -0.4 is 5.32 Å². The smallest absolute Gasteiger partial charge is 0.330 e. The number of thiazole rings is 1. The van der Waals surface area contributed by atoms with Crippen molar-refractivity contribution in [2.45, 2.75) is 44.7 Å². The largest absolute Gasteiger partial charge is 0.346 e. The van der Waals surface area contributed by atoms with Gasteiger partial charge in [-0.3, -0.25) is 9.78 Å². The number of likely N-dealkylation sites (tertiary alicyclic amines) is 1. The molecule has 10 heteroatoms. The molecule has 36 heavy (non-hydrogen) atoms. The molecule has 3 amide bonds. The molecular weight excluding hydrogens is 492 g/mol. The number of urea groups is 1. The summed E-state index contributed by atoms with van der Waals surface area (Å²) in [5.74, 6) is -0.352. The Labute approximate surface area is 218 Å². The summed E-state index contributed by atoms with van der Waals surface area (Å²) in [5.41, 5.74) is 3.60. The molecule has 6 rings (SSSR count). The number of amides is 3. The van der Waals surface area contributed by atoms with Gasteiger partial charge in [-0.1, -0.05) is 6.42 Å². The average molecular weight is 521 g/mol. The predicted molar refractivity (Wildman–Crippen MR) is 145 cm³/mol. The minimum Gasteiger partial charge on any atom is -0.346 e. The number of benzene rings is 1. The summed E-state index contributed by atoms with van der Waals surface area (Å²) in [6.07, 6.45) is 11.5. The highest BCUT2D eigenvalue weighted by molar-refractivity contribution is 8.18. The first-order valence-electron chi connectivity index (χ1n) is 12.5. The van der Waals surface area contributed by atoms with E-state index in [1.165, 1.54) is 65.9 Å². The molecule has 0 bridgehead atoms. The molecule has 0 unspecified atom stereocenters. The van der Waals surface area contributed by atoms with Gasteiger partial charge in [0.2, 0.25) is 0 Å². The van der Waals surface area contributed by atoms with Gasteiger partial charge < -0.3 is 14.8 Å². The van der Waals surface area contributed by atoms with Gasteiger partial charge in [0.05, 0.1) is 16.1 Å². The Kier molecular flexibility index (Phi) is 6.64. The fourth-order valence-corrected chi connectivity index (χ4v) is 6.21. The quantitative estimate of drug-likeness (QED) is 0.460. The number of rotatable bonds is 6. The Hall–Kier alpha value is -2.95. The third-order valence-electron chi connectivity index (χ3n) is 6.72. The minimum atomic E-state index is -0.411. The van der Waals surface area contributed by atoms with E-state index < -0.39 is 6.03 Å². The number of imide groups is 1. The fraction of sp³-hybridized carbons (Fsp3) is 0.385. The van der Waals surface area contributed by atoms with Gasteiger partial charge in [0.1, 0.15) is 0 Å². The SMILES string of the molecule is O=C(NC1CC1)N1C(=O)C(=Cc2cncs2)SC1=Nc1ccc2c(ccn2CCN2CCCCC2)c1. The number of carbonyl (C=O) groups excluding carboxylic acids is 2. The van der Waals surface area contributed by atoms with E-state index in [0.29, 0.717) is 10.1 Å². The molecule has 1 aliphatic carbocycles. The summed E-state index contributed by atoms with van der Waals surface area (Å²) < 4.78 is 2.29. The standard InChI is InChI=1S/C26H28N6O2S2/c33-24-23(15-21-16-27-17-35-21)36-26(32(24)25(34)28-19-4-5-19)29-20-6-7-22-18(14-20)8-11-31(22)13-12-30-9-2-1-3-10-30/h6-8,11,14-17,19H,1-5,9-10,12-13H2,(H,28,34). The fourth-order valence-electron chi connectivity index (χ4n) is 4.62. The first kappa shape index (κ1) is 23.4.